The summed E-state index contributed by atoms with van der Waals surface area (Å²) >= 11 is 1.67. The molecule has 0 unspecified atom stereocenters. The van der Waals surface area contributed by atoms with Crippen LogP contribution >= 0.6 is 11.8 Å². The summed E-state index contributed by atoms with van der Waals surface area (Å²) in [6, 6.07) is 7.98. The number of aryl methyl sites for hydroxylation is 1. The second-order valence-electron chi connectivity index (χ2n) is 3.23. The zero-order valence-corrected chi connectivity index (χ0v) is 9.99. The van der Waals surface area contributed by atoms with E-state index in [1.807, 2.05) is 30.5 Å². The molecule has 1 rings (SSSR count). The third-order valence-electron chi connectivity index (χ3n) is 1.90. The molecule has 78 valence electrons. The van der Waals surface area contributed by atoms with E-state index in [0.717, 1.165) is 5.56 Å². The minimum Gasteiger partial charge on any atom is -0.229 e. The fourth-order valence-electron chi connectivity index (χ4n) is 1.13. The van der Waals surface area contributed by atoms with Crippen molar-refractivity contribution >= 4 is 21.6 Å². The fourth-order valence-corrected chi connectivity index (χ4v) is 2.22. The van der Waals surface area contributed by atoms with Gasteiger partial charge in [0.05, 0.1) is 5.75 Å². The topological polar surface area (TPSA) is 34.1 Å². The molecule has 0 heterocycles. The van der Waals surface area contributed by atoms with E-state index in [1.54, 1.807) is 11.8 Å². The number of thioether (sulfide) groups is 1. The summed E-state index contributed by atoms with van der Waals surface area (Å²) in [6.45, 7) is 0. The van der Waals surface area contributed by atoms with Crippen molar-refractivity contribution in [3.05, 3.63) is 29.8 Å². The van der Waals surface area contributed by atoms with Gasteiger partial charge in [0, 0.05) is 11.2 Å². The Balaban J connectivity index is 2.68. The summed E-state index contributed by atoms with van der Waals surface area (Å²) in [6.07, 6.45) is 3.88. The monoisotopic (exact) mass is 230 g/mol. The predicted octanol–water partition coefficient (Wildman–Crippen LogP) is 2.00. The summed E-state index contributed by atoms with van der Waals surface area (Å²) in [5.74, 6) is 0.227. The average Bonchev–Trinajstić information content (AvgIpc) is 2.14. The summed E-state index contributed by atoms with van der Waals surface area (Å²) in [7, 11) is -2.85. The lowest BCUT2D eigenvalue weighted by molar-refractivity contribution is 0.601. The van der Waals surface area contributed by atoms with E-state index in [2.05, 4.69) is 0 Å². The minimum absolute atomic E-state index is 0.227. The molecule has 0 fully saturated rings. The maximum absolute atomic E-state index is 11.0. The van der Waals surface area contributed by atoms with E-state index in [-0.39, 0.29) is 5.75 Å². The molecule has 4 heteroatoms. The van der Waals surface area contributed by atoms with E-state index in [9.17, 15) is 8.42 Å². The largest absolute Gasteiger partial charge is 0.229 e. The van der Waals surface area contributed by atoms with Gasteiger partial charge in [-0.1, -0.05) is 12.1 Å². The van der Waals surface area contributed by atoms with Crippen molar-refractivity contribution in [3.63, 3.8) is 0 Å². The second-order valence-corrected chi connectivity index (χ2v) is 6.37. The maximum Gasteiger partial charge on any atom is 0.147 e. The van der Waals surface area contributed by atoms with Crippen LogP contribution in [0.1, 0.15) is 5.56 Å². The third-order valence-corrected chi connectivity index (χ3v) is 3.57. The van der Waals surface area contributed by atoms with Crippen LogP contribution in [0.5, 0.6) is 0 Å². The Morgan fingerprint density at radius 3 is 2.64 bits per heavy atom. The Bertz CT molecular complexity index is 396. The quantitative estimate of drug-likeness (QED) is 0.742. The van der Waals surface area contributed by atoms with E-state index in [0.29, 0.717) is 6.42 Å². The lowest BCUT2D eigenvalue weighted by atomic mass is 10.2. The van der Waals surface area contributed by atoms with Gasteiger partial charge in [0.15, 0.2) is 0 Å². The normalized spacial score (nSPS) is 11.6. The third kappa shape index (κ3) is 4.15. The van der Waals surface area contributed by atoms with E-state index < -0.39 is 9.84 Å². The Morgan fingerprint density at radius 2 is 2.07 bits per heavy atom. The molecule has 0 aliphatic rings. The molecule has 0 bridgehead atoms. The first-order valence-electron chi connectivity index (χ1n) is 4.32. The molecule has 0 aliphatic carbocycles. The number of hydrogen-bond acceptors (Lipinski definition) is 3. The molecule has 0 aromatic heterocycles. The summed E-state index contributed by atoms with van der Waals surface area (Å²) < 4.78 is 21.9. The van der Waals surface area contributed by atoms with Crippen molar-refractivity contribution < 1.29 is 8.42 Å². The Kier molecular flexibility index (Phi) is 4.01. The van der Waals surface area contributed by atoms with E-state index in [1.165, 1.54) is 11.2 Å². The number of hydrogen-bond donors (Lipinski definition) is 0. The number of rotatable bonds is 4. The molecule has 1 aromatic carbocycles. The average molecular weight is 230 g/mol. The van der Waals surface area contributed by atoms with Gasteiger partial charge >= 0.3 is 0 Å². The van der Waals surface area contributed by atoms with Crippen LogP contribution in [0.3, 0.4) is 0 Å². The van der Waals surface area contributed by atoms with Gasteiger partial charge in [-0.25, -0.2) is 8.42 Å². The molecular formula is C10H14O2S2. The lowest BCUT2D eigenvalue weighted by Gasteiger charge is -2.02. The maximum atomic E-state index is 11.0. The molecule has 0 amide bonds. The summed E-state index contributed by atoms with van der Waals surface area (Å²) in [5, 5.41) is 0. The molecule has 1 aromatic rings. The van der Waals surface area contributed by atoms with E-state index in [4.69, 9.17) is 0 Å². The van der Waals surface area contributed by atoms with Crippen LogP contribution in [0.15, 0.2) is 29.2 Å². The Labute approximate surface area is 89.6 Å². The Morgan fingerprint density at radius 1 is 1.36 bits per heavy atom. The van der Waals surface area contributed by atoms with Gasteiger partial charge in [-0.3, -0.25) is 0 Å². The lowest BCUT2D eigenvalue weighted by Crippen LogP contribution is -2.05. The van der Waals surface area contributed by atoms with Crippen LogP contribution in [0.4, 0.5) is 0 Å². The van der Waals surface area contributed by atoms with Crippen LogP contribution in [0.25, 0.3) is 0 Å². The zero-order chi connectivity index (χ0) is 10.6. The first-order valence-corrected chi connectivity index (χ1v) is 7.60. The van der Waals surface area contributed by atoms with Crippen LogP contribution < -0.4 is 0 Å². The van der Waals surface area contributed by atoms with Crippen LogP contribution in [-0.2, 0) is 16.3 Å². The molecule has 0 radical (unpaired) electrons. The molecule has 0 saturated heterocycles. The van der Waals surface area contributed by atoms with Crippen molar-refractivity contribution in [2.75, 3.05) is 18.3 Å². The highest BCUT2D eigenvalue weighted by atomic mass is 32.2. The van der Waals surface area contributed by atoms with Crippen LogP contribution in [0, 0.1) is 0 Å². The smallest absolute Gasteiger partial charge is 0.147 e. The molecule has 14 heavy (non-hydrogen) atoms. The first kappa shape index (κ1) is 11.6. The van der Waals surface area contributed by atoms with Crippen molar-refractivity contribution in [1.82, 2.24) is 0 Å². The van der Waals surface area contributed by atoms with Gasteiger partial charge in [0.25, 0.3) is 0 Å². The van der Waals surface area contributed by atoms with Crippen LogP contribution in [0.2, 0.25) is 0 Å². The molecule has 2 nitrogen and oxygen atoms in total. The summed E-state index contributed by atoms with van der Waals surface area (Å²) in [5.41, 5.74) is 1.09. The number of sulfone groups is 1. The van der Waals surface area contributed by atoms with Gasteiger partial charge in [-0.2, -0.15) is 0 Å². The standard InChI is InChI=1S/C10H14O2S2/c1-13-10-5-3-4-9(8-10)6-7-14(2,11)12/h3-5,8H,6-7H2,1-2H3. The van der Waals surface area contributed by atoms with Crippen LogP contribution in [-0.4, -0.2) is 26.7 Å². The van der Waals surface area contributed by atoms with Gasteiger partial charge in [-0.15, -0.1) is 11.8 Å². The predicted molar refractivity (Wildman–Crippen MR) is 61.6 cm³/mol. The van der Waals surface area contributed by atoms with Gasteiger partial charge < -0.3 is 0 Å². The molecule has 0 atom stereocenters. The highest BCUT2D eigenvalue weighted by Gasteiger charge is 2.03. The highest BCUT2D eigenvalue weighted by Crippen LogP contribution is 2.16. The highest BCUT2D eigenvalue weighted by molar-refractivity contribution is 7.98. The van der Waals surface area contributed by atoms with Crippen molar-refractivity contribution in [2.45, 2.75) is 11.3 Å². The SMILES string of the molecule is CSc1cccc(CCS(C)(=O)=O)c1. The molecule has 0 spiro atoms. The molecular weight excluding hydrogens is 216 g/mol. The Hall–Kier alpha value is -0.480. The molecule has 0 saturated carbocycles. The van der Waals surface area contributed by atoms with Gasteiger partial charge in [-0.05, 0) is 30.4 Å². The zero-order valence-electron chi connectivity index (χ0n) is 8.36. The number of benzene rings is 1. The first-order chi connectivity index (χ1) is 6.51. The van der Waals surface area contributed by atoms with Crippen molar-refractivity contribution in [2.24, 2.45) is 0 Å². The van der Waals surface area contributed by atoms with Crippen molar-refractivity contribution in [1.29, 1.82) is 0 Å². The second kappa shape index (κ2) is 4.84. The fraction of sp³-hybridized carbons (Fsp3) is 0.400. The summed E-state index contributed by atoms with van der Waals surface area (Å²) in [4.78, 5) is 1.18. The van der Waals surface area contributed by atoms with Gasteiger partial charge in [0.1, 0.15) is 9.84 Å². The van der Waals surface area contributed by atoms with Gasteiger partial charge in [0.2, 0.25) is 0 Å². The molecule has 0 aliphatic heterocycles. The van der Waals surface area contributed by atoms with E-state index >= 15 is 0 Å². The minimum atomic E-state index is -2.85. The molecule has 0 N–H and O–H groups in total. The van der Waals surface area contributed by atoms with Crippen molar-refractivity contribution in [3.8, 4) is 0 Å².